The highest BCUT2D eigenvalue weighted by molar-refractivity contribution is 6.36. The van der Waals surface area contributed by atoms with Gasteiger partial charge in [-0.05, 0) is 48.4 Å². The fraction of sp³-hybridized carbons (Fsp3) is 0.0833. The topological polar surface area (TPSA) is 49.4 Å². The summed E-state index contributed by atoms with van der Waals surface area (Å²) in [6.07, 6.45) is 0. The lowest BCUT2D eigenvalue weighted by Crippen LogP contribution is -2.32. The number of nitrogens with zero attached hydrogens (tertiary/aromatic N) is 1. The third kappa shape index (κ3) is 3.98. The summed E-state index contributed by atoms with van der Waals surface area (Å²) in [5.41, 5.74) is 3.21. The number of halogens is 2. The fourth-order valence-electron chi connectivity index (χ4n) is 3.31. The van der Waals surface area contributed by atoms with Gasteiger partial charge < -0.3 is 5.32 Å². The second kappa shape index (κ2) is 8.13. The van der Waals surface area contributed by atoms with Crippen molar-refractivity contribution in [3.05, 3.63) is 106 Å². The molecule has 0 atom stereocenters. The summed E-state index contributed by atoms with van der Waals surface area (Å²) in [6, 6.07) is 20.1. The van der Waals surface area contributed by atoms with Crippen LogP contribution in [-0.4, -0.2) is 16.7 Å². The van der Waals surface area contributed by atoms with Crippen molar-refractivity contribution < 1.29 is 14.0 Å². The quantitative estimate of drug-likeness (QED) is 0.578. The van der Waals surface area contributed by atoms with Crippen molar-refractivity contribution >= 4 is 34.7 Å². The Labute approximate surface area is 178 Å². The molecule has 0 radical (unpaired) electrons. The van der Waals surface area contributed by atoms with Gasteiger partial charge in [0.05, 0.1) is 12.1 Å². The highest BCUT2D eigenvalue weighted by Gasteiger charge is 2.39. The first kappa shape index (κ1) is 19.9. The number of benzene rings is 3. The van der Waals surface area contributed by atoms with Crippen LogP contribution >= 0.6 is 11.6 Å². The predicted molar refractivity (Wildman–Crippen MR) is 115 cm³/mol. The van der Waals surface area contributed by atoms with Gasteiger partial charge in [-0.1, -0.05) is 59.6 Å². The smallest absolute Gasteiger partial charge is 0.278 e. The van der Waals surface area contributed by atoms with E-state index in [0.29, 0.717) is 16.3 Å². The van der Waals surface area contributed by atoms with Gasteiger partial charge in [-0.3, -0.25) is 14.5 Å². The van der Waals surface area contributed by atoms with E-state index < -0.39 is 17.6 Å². The van der Waals surface area contributed by atoms with Crippen LogP contribution in [0.4, 0.5) is 10.1 Å². The summed E-state index contributed by atoms with van der Waals surface area (Å²) in [7, 11) is 0. The molecule has 1 heterocycles. The normalized spacial score (nSPS) is 13.9. The molecule has 150 valence electrons. The van der Waals surface area contributed by atoms with E-state index in [0.717, 1.165) is 11.1 Å². The molecule has 0 aromatic heterocycles. The van der Waals surface area contributed by atoms with E-state index in [9.17, 15) is 14.0 Å². The van der Waals surface area contributed by atoms with Crippen molar-refractivity contribution in [2.75, 3.05) is 5.32 Å². The van der Waals surface area contributed by atoms with Gasteiger partial charge in [0, 0.05) is 10.7 Å². The lowest BCUT2D eigenvalue weighted by molar-refractivity contribution is -0.137. The second-order valence-corrected chi connectivity index (χ2v) is 7.51. The molecule has 1 aliphatic heterocycles. The lowest BCUT2D eigenvalue weighted by atomic mass is 10.0. The molecular formula is C24H18ClFN2O2. The molecule has 4 rings (SSSR count). The van der Waals surface area contributed by atoms with Crippen LogP contribution in [0.2, 0.25) is 5.02 Å². The van der Waals surface area contributed by atoms with Crippen LogP contribution in [0.15, 0.2) is 78.5 Å². The standard InChI is InChI=1S/C24H18ClFN2O2/c1-15-5-7-16(8-6-15)14-28-23(29)21(17-9-11-18(25)12-10-17)22(24(28)30)27-20-4-2-3-19(26)13-20/h2-13,27H,14H2,1H3. The third-order valence-corrected chi connectivity index (χ3v) is 5.11. The number of rotatable bonds is 5. The van der Waals surface area contributed by atoms with Gasteiger partial charge in [-0.25, -0.2) is 4.39 Å². The highest BCUT2D eigenvalue weighted by atomic mass is 35.5. The summed E-state index contributed by atoms with van der Waals surface area (Å²) in [5.74, 6) is -1.32. The number of amides is 2. The molecule has 1 N–H and O–H groups in total. The van der Waals surface area contributed by atoms with Crippen molar-refractivity contribution in [2.45, 2.75) is 13.5 Å². The van der Waals surface area contributed by atoms with Crippen LogP contribution in [0.1, 0.15) is 16.7 Å². The molecule has 0 fully saturated rings. The SMILES string of the molecule is Cc1ccc(CN2C(=O)C(Nc3cccc(F)c3)=C(c3ccc(Cl)cc3)C2=O)cc1. The molecule has 0 aliphatic carbocycles. The maximum atomic E-state index is 13.6. The molecule has 6 heteroatoms. The zero-order chi connectivity index (χ0) is 21.3. The largest absolute Gasteiger partial charge is 0.350 e. The molecule has 0 unspecified atom stereocenters. The molecule has 0 saturated heterocycles. The number of nitrogens with one attached hydrogen (secondary N) is 1. The average Bonchev–Trinajstić information content (AvgIpc) is 2.95. The maximum Gasteiger partial charge on any atom is 0.278 e. The van der Waals surface area contributed by atoms with E-state index in [1.54, 1.807) is 30.3 Å². The fourth-order valence-corrected chi connectivity index (χ4v) is 3.43. The first-order valence-corrected chi connectivity index (χ1v) is 9.75. The van der Waals surface area contributed by atoms with Gasteiger partial charge >= 0.3 is 0 Å². The third-order valence-electron chi connectivity index (χ3n) is 4.86. The lowest BCUT2D eigenvalue weighted by Gasteiger charge is -2.15. The van der Waals surface area contributed by atoms with Crippen LogP contribution in [0.5, 0.6) is 0 Å². The van der Waals surface area contributed by atoms with Crippen molar-refractivity contribution in [3.63, 3.8) is 0 Å². The van der Waals surface area contributed by atoms with Gasteiger partial charge in [0.1, 0.15) is 11.5 Å². The highest BCUT2D eigenvalue weighted by Crippen LogP contribution is 2.32. The molecule has 3 aromatic rings. The number of carbonyl (C=O) groups excluding carboxylic acids is 2. The van der Waals surface area contributed by atoms with E-state index >= 15 is 0 Å². The first-order chi connectivity index (χ1) is 14.4. The Morgan fingerprint density at radius 1 is 0.933 bits per heavy atom. The predicted octanol–water partition coefficient (Wildman–Crippen LogP) is 5.18. The van der Waals surface area contributed by atoms with Crippen molar-refractivity contribution in [2.24, 2.45) is 0 Å². The van der Waals surface area contributed by atoms with E-state index in [-0.39, 0.29) is 17.8 Å². The number of aryl methyl sites for hydroxylation is 1. The molecule has 0 bridgehead atoms. The van der Waals surface area contributed by atoms with Crippen LogP contribution in [0, 0.1) is 12.7 Å². The number of hydrogen-bond donors (Lipinski definition) is 1. The summed E-state index contributed by atoms with van der Waals surface area (Å²) >= 11 is 5.98. The van der Waals surface area contributed by atoms with E-state index in [4.69, 9.17) is 11.6 Å². The minimum Gasteiger partial charge on any atom is -0.350 e. The van der Waals surface area contributed by atoms with Gasteiger partial charge in [-0.2, -0.15) is 0 Å². The number of hydrogen-bond acceptors (Lipinski definition) is 3. The van der Waals surface area contributed by atoms with Gasteiger partial charge in [-0.15, -0.1) is 0 Å². The van der Waals surface area contributed by atoms with E-state index in [1.807, 2.05) is 31.2 Å². The minimum atomic E-state index is -0.463. The van der Waals surface area contributed by atoms with Crippen LogP contribution in [-0.2, 0) is 16.1 Å². The summed E-state index contributed by atoms with van der Waals surface area (Å²) in [6.45, 7) is 2.11. The Morgan fingerprint density at radius 2 is 1.63 bits per heavy atom. The monoisotopic (exact) mass is 420 g/mol. The second-order valence-electron chi connectivity index (χ2n) is 7.07. The maximum absolute atomic E-state index is 13.6. The Kier molecular flexibility index (Phi) is 5.38. The van der Waals surface area contributed by atoms with Crippen LogP contribution in [0.25, 0.3) is 5.57 Å². The molecule has 0 saturated carbocycles. The zero-order valence-corrected chi connectivity index (χ0v) is 16.9. The van der Waals surface area contributed by atoms with Crippen molar-refractivity contribution in [1.82, 2.24) is 4.90 Å². The number of carbonyl (C=O) groups is 2. The molecular weight excluding hydrogens is 403 g/mol. The molecule has 30 heavy (non-hydrogen) atoms. The average molecular weight is 421 g/mol. The Bertz CT molecular complexity index is 1150. The Hall–Kier alpha value is -3.44. The van der Waals surface area contributed by atoms with Crippen LogP contribution in [0.3, 0.4) is 0 Å². The molecule has 1 aliphatic rings. The summed E-state index contributed by atoms with van der Waals surface area (Å²) in [5, 5.41) is 3.47. The van der Waals surface area contributed by atoms with Crippen LogP contribution < -0.4 is 5.32 Å². The van der Waals surface area contributed by atoms with E-state index in [2.05, 4.69) is 5.32 Å². The molecule has 3 aromatic carbocycles. The molecule has 4 nitrogen and oxygen atoms in total. The van der Waals surface area contributed by atoms with Gasteiger partial charge in [0.25, 0.3) is 11.8 Å². The number of anilines is 1. The Balaban J connectivity index is 1.73. The Morgan fingerprint density at radius 3 is 2.30 bits per heavy atom. The number of imide groups is 1. The molecule has 0 spiro atoms. The summed E-state index contributed by atoms with van der Waals surface area (Å²) < 4.78 is 13.6. The van der Waals surface area contributed by atoms with Crippen molar-refractivity contribution in [3.8, 4) is 0 Å². The minimum absolute atomic E-state index is 0.111. The van der Waals surface area contributed by atoms with Crippen molar-refractivity contribution in [1.29, 1.82) is 0 Å². The first-order valence-electron chi connectivity index (χ1n) is 9.37. The summed E-state index contributed by atoms with van der Waals surface area (Å²) in [4.78, 5) is 27.6. The van der Waals surface area contributed by atoms with E-state index in [1.165, 1.54) is 23.1 Å². The van der Waals surface area contributed by atoms with Gasteiger partial charge in [0.2, 0.25) is 0 Å². The van der Waals surface area contributed by atoms with Gasteiger partial charge in [0.15, 0.2) is 0 Å². The zero-order valence-electron chi connectivity index (χ0n) is 16.2. The molecule has 2 amide bonds.